The summed E-state index contributed by atoms with van der Waals surface area (Å²) in [4.78, 5) is 24.5. The van der Waals surface area contributed by atoms with Crippen molar-refractivity contribution in [2.75, 3.05) is 19.0 Å². The zero-order valence-corrected chi connectivity index (χ0v) is 11.6. The second kappa shape index (κ2) is 5.87. The molecule has 1 aromatic heterocycles. The highest BCUT2D eigenvalue weighted by molar-refractivity contribution is 7.17. The minimum Gasteiger partial charge on any atom is -0.465 e. The molecule has 5 nitrogen and oxygen atoms in total. The minimum atomic E-state index is -0.417. The van der Waals surface area contributed by atoms with Crippen molar-refractivity contribution in [3.63, 3.8) is 0 Å². The van der Waals surface area contributed by atoms with Gasteiger partial charge in [0.05, 0.1) is 12.7 Å². The Labute approximate surface area is 115 Å². The van der Waals surface area contributed by atoms with Crippen LogP contribution in [-0.4, -0.2) is 25.5 Å². The fourth-order valence-electron chi connectivity index (χ4n) is 1.99. The Hall–Kier alpha value is -1.84. The van der Waals surface area contributed by atoms with E-state index < -0.39 is 11.9 Å². The number of nitrogens with one attached hydrogen (secondary N) is 2. The van der Waals surface area contributed by atoms with E-state index in [1.807, 2.05) is 0 Å². The molecule has 100 valence electrons. The number of ether oxygens (including phenoxy) is 1. The van der Waals surface area contributed by atoms with Crippen molar-refractivity contribution in [3.05, 3.63) is 16.0 Å². The molecule has 0 saturated carbocycles. The summed E-state index contributed by atoms with van der Waals surface area (Å²) in [6.45, 7) is 3.11. The van der Waals surface area contributed by atoms with Gasteiger partial charge in [0.1, 0.15) is 5.00 Å². The van der Waals surface area contributed by atoms with Crippen LogP contribution in [0.1, 0.15) is 27.7 Å². The number of carbonyl (C=O) groups excluding carboxylic acids is 2. The standard InChI is InChI=1S/C13H14N2O3S/c1-3-4-10(16)15-12-11(13(17)18-2)8-5-6-14-7-9(8)19-12/h14H,5-7H2,1-2H3,(H,15,16). The van der Waals surface area contributed by atoms with Gasteiger partial charge < -0.3 is 15.4 Å². The summed E-state index contributed by atoms with van der Waals surface area (Å²) < 4.78 is 4.80. The first-order valence-electron chi connectivity index (χ1n) is 5.84. The zero-order valence-electron chi connectivity index (χ0n) is 10.8. The van der Waals surface area contributed by atoms with E-state index in [0.717, 1.165) is 23.4 Å². The highest BCUT2D eigenvalue weighted by atomic mass is 32.1. The Morgan fingerprint density at radius 1 is 1.47 bits per heavy atom. The van der Waals surface area contributed by atoms with Crippen molar-refractivity contribution < 1.29 is 14.3 Å². The maximum Gasteiger partial charge on any atom is 0.341 e. The van der Waals surface area contributed by atoms with Gasteiger partial charge in [-0.3, -0.25) is 4.79 Å². The van der Waals surface area contributed by atoms with Crippen LogP contribution in [0.5, 0.6) is 0 Å². The number of carbonyl (C=O) groups is 2. The molecule has 2 rings (SSSR count). The van der Waals surface area contributed by atoms with Crippen molar-refractivity contribution >= 4 is 28.2 Å². The first-order valence-corrected chi connectivity index (χ1v) is 6.66. The number of amides is 1. The number of hydrogen-bond acceptors (Lipinski definition) is 5. The number of thiophene rings is 1. The fourth-order valence-corrected chi connectivity index (χ4v) is 3.19. The molecule has 0 radical (unpaired) electrons. The highest BCUT2D eigenvalue weighted by Gasteiger charge is 2.26. The van der Waals surface area contributed by atoms with Crippen LogP contribution in [-0.2, 0) is 22.5 Å². The van der Waals surface area contributed by atoms with Gasteiger partial charge in [0.25, 0.3) is 0 Å². The van der Waals surface area contributed by atoms with E-state index in [1.165, 1.54) is 18.4 Å². The van der Waals surface area contributed by atoms with Crippen LogP contribution in [0.2, 0.25) is 0 Å². The van der Waals surface area contributed by atoms with Crippen LogP contribution in [0.3, 0.4) is 0 Å². The molecule has 6 heteroatoms. The Bertz CT molecular complexity index is 581. The summed E-state index contributed by atoms with van der Waals surface area (Å²) in [5, 5.41) is 6.42. The minimum absolute atomic E-state index is 0.417. The summed E-state index contributed by atoms with van der Waals surface area (Å²) in [5.74, 6) is 4.09. The first-order chi connectivity index (χ1) is 9.17. The maximum absolute atomic E-state index is 11.9. The molecule has 0 spiro atoms. The molecule has 2 heterocycles. The summed E-state index contributed by atoms with van der Waals surface area (Å²) in [6, 6.07) is 0. The molecule has 1 aromatic rings. The average molecular weight is 278 g/mol. The van der Waals surface area contributed by atoms with E-state index >= 15 is 0 Å². The Morgan fingerprint density at radius 3 is 2.95 bits per heavy atom. The predicted octanol–water partition coefficient (Wildman–Crippen LogP) is 1.14. The van der Waals surface area contributed by atoms with Crippen LogP contribution in [0.4, 0.5) is 5.00 Å². The second-order valence-electron chi connectivity index (χ2n) is 3.96. The number of fused-ring (bicyclic) bond motifs is 1. The highest BCUT2D eigenvalue weighted by Crippen LogP contribution is 2.35. The van der Waals surface area contributed by atoms with Gasteiger partial charge in [0.2, 0.25) is 0 Å². The SMILES string of the molecule is CC#CC(=O)Nc1sc2c(c1C(=O)OC)CCNC2. The first kappa shape index (κ1) is 13.6. The number of esters is 1. The zero-order chi connectivity index (χ0) is 13.8. The molecule has 1 amide bonds. The van der Waals surface area contributed by atoms with Gasteiger partial charge in [-0.25, -0.2) is 4.79 Å². The van der Waals surface area contributed by atoms with E-state index in [0.29, 0.717) is 17.1 Å². The number of rotatable bonds is 2. The molecule has 0 saturated heterocycles. The van der Waals surface area contributed by atoms with Crippen LogP contribution in [0.15, 0.2) is 0 Å². The smallest absolute Gasteiger partial charge is 0.341 e. The predicted molar refractivity (Wildman–Crippen MR) is 73.1 cm³/mol. The molecule has 0 fully saturated rings. The van der Waals surface area contributed by atoms with Crippen molar-refractivity contribution in [1.82, 2.24) is 5.32 Å². The third kappa shape index (κ3) is 2.78. The molecule has 0 bridgehead atoms. The third-order valence-corrected chi connectivity index (χ3v) is 3.93. The van der Waals surface area contributed by atoms with E-state index in [2.05, 4.69) is 22.5 Å². The van der Waals surface area contributed by atoms with E-state index in [-0.39, 0.29) is 0 Å². The van der Waals surface area contributed by atoms with Gasteiger partial charge in [0.15, 0.2) is 0 Å². The Kier molecular flexibility index (Phi) is 4.20. The lowest BCUT2D eigenvalue weighted by Crippen LogP contribution is -2.23. The fraction of sp³-hybridized carbons (Fsp3) is 0.385. The van der Waals surface area contributed by atoms with Crippen molar-refractivity contribution in [1.29, 1.82) is 0 Å². The van der Waals surface area contributed by atoms with Gasteiger partial charge in [-0.05, 0) is 31.4 Å². The molecular formula is C13H14N2O3S. The van der Waals surface area contributed by atoms with E-state index in [1.54, 1.807) is 6.92 Å². The lowest BCUT2D eigenvalue weighted by atomic mass is 10.0. The molecule has 1 aliphatic heterocycles. The monoisotopic (exact) mass is 278 g/mol. The van der Waals surface area contributed by atoms with Gasteiger partial charge in [-0.1, -0.05) is 5.92 Å². The van der Waals surface area contributed by atoms with Gasteiger partial charge in [-0.15, -0.1) is 11.3 Å². The molecular weight excluding hydrogens is 264 g/mol. The quantitative estimate of drug-likeness (QED) is 0.629. The van der Waals surface area contributed by atoms with E-state index in [9.17, 15) is 9.59 Å². The molecule has 19 heavy (non-hydrogen) atoms. The van der Waals surface area contributed by atoms with Crippen molar-refractivity contribution in [3.8, 4) is 11.8 Å². The Balaban J connectivity index is 2.40. The van der Waals surface area contributed by atoms with E-state index in [4.69, 9.17) is 4.74 Å². The second-order valence-corrected chi connectivity index (χ2v) is 5.06. The van der Waals surface area contributed by atoms with Crippen LogP contribution >= 0.6 is 11.3 Å². The molecule has 2 N–H and O–H groups in total. The third-order valence-electron chi connectivity index (χ3n) is 2.78. The lowest BCUT2D eigenvalue weighted by molar-refractivity contribution is -0.111. The molecule has 1 aliphatic rings. The van der Waals surface area contributed by atoms with Gasteiger partial charge in [-0.2, -0.15) is 0 Å². The topological polar surface area (TPSA) is 67.4 Å². The van der Waals surface area contributed by atoms with Crippen molar-refractivity contribution in [2.24, 2.45) is 0 Å². The summed E-state index contributed by atoms with van der Waals surface area (Å²) in [5.41, 5.74) is 1.44. The van der Waals surface area contributed by atoms with Crippen molar-refractivity contribution in [2.45, 2.75) is 19.9 Å². The van der Waals surface area contributed by atoms with Gasteiger partial charge in [0, 0.05) is 11.4 Å². The number of anilines is 1. The number of hydrogen-bond donors (Lipinski definition) is 2. The summed E-state index contributed by atoms with van der Waals surface area (Å²) >= 11 is 1.40. The maximum atomic E-state index is 11.9. The van der Waals surface area contributed by atoms with Crippen LogP contribution in [0, 0.1) is 11.8 Å². The summed E-state index contributed by atoms with van der Waals surface area (Å²) in [6.07, 6.45) is 0.756. The normalized spacial score (nSPS) is 12.9. The van der Waals surface area contributed by atoms with Crippen LogP contribution in [0.25, 0.3) is 0 Å². The number of methoxy groups -OCH3 is 1. The lowest BCUT2D eigenvalue weighted by Gasteiger charge is -2.13. The van der Waals surface area contributed by atoms with Gasteiger partial charge >= 0.3 is 11.9 Å². The molecule has 0 unspecified atom stereocenters. The largest absolute Gasteiger partial charge is 0.465 e. The molecule has 0 atom stereocenters. The van der Waals surface area contributed by atoms with Crippen LogP contribution < -0.4 is 10.6 Å². The Morgan fingerprint density at radius 2 is 2.26 bits per heavy atom. The average Bonchev–Trinajstić information content (AvgIpc) is 2.75. The molecule has 0 aromatic carbocycles. The molecule has 0 aliphatic carbocycles. The summed E-state index contributed by atoms with van der Waals surface area (Å²) in [7, 11) is 1.34.